The summed E-state index contributed by atoms with van der Waals surface area (Å²) in [6.45, 7) is 3.50. The molecule has 0 saturated carbocycles. The molecule has 0 atom stereocenters. The predicted molar refractivity (Wildman–Crippen MR) is 49.8 cm³/mol. The Morgan fingerprint density at radius 2 is 1.85 bits per heavy atom. The largest absolute Gasteiger partial charge is 0.488 e. The molecule has 0 saturated heterocycles. The van der Waals surface area contributed by atoms with Gasteiger partial charge in [0, 0.05) is 6.07 Å². The van der Waals surface area contributed by atoms with Crippen LogP contribution in [0.15, 0.2) is 16.6 Å². The van der Waals surface area contributed by atoms with E-state index in [-0.39, 0.29) is 16.3 Å². The Labute approximate surface area is 83.8 Å². The highest BCUT2D eigenvalue weighted by atomic mass is 79.9. The summed E-state index contributed by atoms with van der Waals surface area (Å²) in [7, 11) is 0. The van der Waals surface area contributed by atoms with Crippen LogP contribution in [-0.4, -0.2) is 6.10 Å². The Balaban J connectivity index is 3.01. The predicted octanol–water partition coefficient (Wildman–Crippen LogP) is 3.51. The van der Waals surface area contributed by atoms with Crippen LogP contribution in [0.2, 0.25) is 0 Å². The van der Waals surface area contributed by atoms with Crippen molar-refractivity contribution in [1.82, 2.24) is 0 Å². The summed E-state index contributed by atoms with van der Waals surface area (Å²) in [4.78, 5) is 0. The SMILES string of the molecule is CC(C)Oc1cc(F)c(Br)cc1F. The lowest BCUT2D eigenvalue weighted by molar-refractivity contribution is 0.230. The summed E-state index contributed by atoms with van der Waals surface area (Å²) in [5.74, 6) is -1.16. The van der Waals surface area contributed by atoms with Gasteiger partial charge < -0.3 is 4.74 Å². The summed E-state index contributed by atoms with van der Waals surface area (Å²) in [6, 6.07) is 2.08. The van der Waals surface area contributed by atoms with Crippen LogP contribution >= 0.6 is 15.9 Å². The first kappa shape index (κ1) is 10.4. The van der Waals surface area contributed by atoms with E-state index in [1.165, 1.54) is 0 Å². The first-order chi connectivity index (χ1) is 6.00. The molecule has 1 nitrogen and oxygen atoms in total. The fourth-order valence-corrected chi connectivity index (χ4v) is 1.16. The topological polar surface area (TPSA) is 9.23 Å². The zero-order chi connectivity index (χ0) is 10.0. The number of hydrogen-bond acceptors (Lipinski definition) is 1. The van der Waals surface area contributed by atoms with Crippen LogP contribution in [0.4, 0.5) is 8.78 Å². The van der Waals surface area contributed by atoms with Gasteiger partial charge in [0.1, 0.15) is 5.82 Å². The van der Waals surface area contributed by atoms with Gasteiger partial charge in [-0.05, 0) is 35.8 Å². The standard InChI is InChI=1S/C9H9BrF2O/c1-5(2)13-9-4-7(11)6(10)3-8(9)12/h3-5H,1-2H3. The van der Waals surface area contributed by atoms with Gasteiger partial charge in [-0.2, -0.15) is 0 Å². The van der Waals surface area contributed by atoms with Crippen LogP contribution < -0.4 is 4.74 Å². The zero-order valence-corrected chi connectivity index (χ0v) is 8.86. The van der Waals surface area contributed by atoms with Gasteiger partial charge in [-0.1, -0.05) is 0 Å². The van der Waals surface area contributed by atoms with E-state index in [1.54, 1.807) is 13.8 Å². The van der Waals surface area contributed by atoms with E-state index in [4.69, 9.17) is 4.74 Å². The molecule has 0 aliphatic rings. The molecule has 72 valence electrons. The molecule has 0 spiro atoms. The lowest BCUT2D eigenvalue weighted by atomic mass is 10.3. The normalized spacial score (nSPS) is 10.6. The summed E-state index contributed by atoms with van der Waals surface area (Å²) >= 11 is 2.88. The van der Waals surface area contributed by atoms with E-state index in [2.05, 4.69) is 15.9 Å². The lowest BCUT2D eigenvalue weighted by Crippen LogP contribution is -2.07. The Hall–Kier alpha value is -0.640. The number of hydrogen-bond donors (Lipinski definition) is 0. The van der Waals surface area contributed by atoms with Gasteiger partial charge in [0.15, 0.2) is 11.6 Å². The van der Waals surface area contributed by atoms with Gasteiger partial charge in [-0.25, -0.2) is 8.78 Å². The molecular formula is C9H9BrF2O. The molecule has 0 fully saturated rings. The van der Waals surface area contributed by atoms with E-state index in [1.807, 2.05) is 0 Å². The first-order valence-electron chi connectivity index (χ1n) is 3.82. The van der Waals surface area contributed by atoms with Gasteiger partial charge in [-0.15, -0.1) is 0 Å². The second kappa shape index (κ2) is 4.05. The van der Waals surface area contributed by atoms with Crippen LogP contribution in [0, 0.1) is 11.6 Å². The Kier molecular flexibility index (Phi) is 3.25. The Bertz CT molecular complexity index is 313. The van der Waals surface area contributed by atoms with Crippen molar-refractivity contribution in [2.75, 3.05) is 0 Å². The third-order valence-corrected chi connectivity index (χ3v) is 1.95. The second-order valence-corrected chi connectivity index (χ2v) is 3.72. The first-order valence-corrected chi connectivity index (χ1v) is 4.61. The molecule has 0 aliphatic carbocycles. The van der Waals surface area contributed by atoms with E-state index in [9.17, 15) is 8.78 Å². The van der Waals surface area contributed by atoms with Crippen molar-refractivity contribution < 1.29 is 13.5 Å². The number of benzene rings is 1. The highest BCUT2D eigenvalue weighted by molar-refractivity contribution is 9.10. The van der Waals surface area contributed by atoms with Crippen LogP contribution in [0.1, 0.15) is 13.8 Å². The fraction of sp³-hybridized carbons (Fsp3) is 0.333. The maximum absolute atomic E-state index is 13.1. The van der Waals surface area contributed by atoms with Crippen molar-refractivity contribution in [2.24, 2.45) is 0 Å². The van der Waals surface area contributed by atoms with Gasteiger partial charge in [0.2, 0.25) is 0 Å². The molecule has 1 rings (SSSR count). The Morgan fingerprint density at radius 1 is 1.23 bits per heavy atom. The van der Waals surface area contributed by atoms with Gasteiger partial charge in [0.05, 0.1) is 10.6 Å². The van der Waals surface area contributed by atoms with E-state index >= 15 is 0 Å². The monoisotopic (exact) mass is 250 g/mol. The molecule has 0 amide bonds. The van der Waals surface area contributed by atoms with Crippen molar-refractivity contribution in [3.8, 4) is 5.75 Å². The van der Waals surface area contributed by atoms with Crippen molar-refractivity contribution in [2.45, 2.75) is 20.0 Å². The van der Waals surface area contributed by atoms with Crippen LogP contribution in [0.5, 0.6) is 5.75 Å². The highest BCUT2D eigenvalue weighted by Crippen LogP contribution is 2.25. The zero-order valence-electron chi connectivity index (χ0n) is 7.27. The van der Waals surface area contributed by atoms with Crippen LogP contribution in [0.25, 0.3) is 0 Å². The number of halogens is 3. The average molecular weight is 251 g/mol. The maximum Gasteiger partial charge on any atom is 0.166 e. The van der Waals surface area contributed by atoms with Crippen molar-refractivity contribution in [3.05, 3.63) is 28.2 Å². The molecular weight excluding hydrogens is 242 g/mol. The fourth-order valence-electron chi connectivity index (χ4n) is 0.849. The minimum atomic E-state index is -0.568. The summed E-state index contributed by atoms with van der Waals surface area (Å²) in [5, 5.41) is 0. The van der Waals surface area contributed by atoms with Crippen LogP contribution in [-0.2, 0) is 0 Å². The number of rotatable bonds is 2. The van der Waals surface area contributed by atoms with Crippen LogP contribution in [0.3, 0.4) is 0 Å². The van der Waals surface area contributed by atoms with Crippen molar-refractivity contribution in [3.63, 3.8) is 0 Å². The Morgan fingerprint density at radius 3 is 2.38 bits per heavy atom. The molecule has 0 unspecified atom stereocenters. The molecule has 4 heteroatoms. The highest BCUT2D eigenvalue weighted by Gasteiger charge is 2.10. The van der Waals surface area contributed by atoms with Gasteiger partial charge >= 0.3 is 0 Å². The molecule has 0 aliphatic heterocycles. The quantitative estimate of drug-likeness (QED) is 0.731. The minimum Gasteiger partial charge on any atom is -0.488 e. The van der Waals surface area contributed by atoms with Gasteiger partial charge in [0.25, 0.3) is 0 Å². The summed E-state index contributed by atoms with van der Waals surface area (Å²) < 4.78 is 31.1. The van der Waals surface area contributed by atoms with E-state index in [0.29, 0.717) is 0 Å². The molecule has 0 heterocycles. The van der Waals surface area contributed by atoms with E-state index < -0.39 is 11.6 Å². The second-order valence-electron chi connectivity index (χ2n) is 2.86. The molecule has 1 aromatic carbocycles. The van der Waals surface area contributed by atoms with Gasteiger partial charge in [-0.3, -0.25) is 0 Å². The molecule has 1 aromatic rings. The average Bonchev–Trinajstić information content (AvgIpc) is 1.99. The van der Waals surface area contributed by atoms with E-state index in [0.717, 1.165) is 12.1 Å². The third kappa shape index (κ3) is 2.66. The minimum absolute atomic E-state index is 0.0595. The lowest BCUT2D eigenvalue weighted by Gasteiger charge is -2.10. The summed E-state index contributed by atoms with van der Waals surface area (Å²) in [6.07, 6.45) is -0.171. The smallest absolute Gasteiger partial charge is 0.166 e. The van der Waals surface area contributed by atoms with Crippen molar-refractivity contribution in [1.29, 1.82) is 0 Å². The molecule has 0 N–H and O–H groups in total. The molecule has 0 aromatic heterocycles. The maximum atomic E-state index is 13.1. The van der Waals surface area contributed by atoms with Crippen molar-refractivity contribution >= 4 is 15.9 Å². The molecule has 0 bridgehead atoms. The summed E-state index contributed by atoms with van der Waals surface area (Å²) in [5.41, 5.74) is 0. The number of ether oxygens (including phenoxy) is 1. The molecule has 13 heavy (non-hydrogen) atoms. The molecule has 0 radical (unpaired) electrons. The third-order valence-electron chi connectivity index (χ3n) is 1.34.